The van der Waals surface area contributed by atoms with E-state index in [2.05, 4.69) is 20.3 Å². The van der Waals surface area contributed by atoms with Crippen molar-refractivity contribution in [1.29, 1.82) is 0 Å². The summed E-state index contributed by atoms with van der Waals surface area (Å²) in [6.07, 6.45) is 3.67. The first-order chi connectivity index (χ1) is 16.5. The van der Waals surface area contributed by atoms with E-state index in [-0.39, 0.29) is 5.91 Å². The number of hydrogen-bond donors (Lipinski definition) is 2. The lowest BCUT2D eigenvalue weighted by molar-refractivity contribution is -0.143. The summed E-state index contributed by atoms with van der Waals surface area (Å²) in [6, 6.07) is 12.8. The number of ether oxygens (including phenoxy) is 1. The lowest BCUT2D eigenvalue weighted by atomic mass is 9.91. The number of carbonyl (C=O) groups excluding carboxylic acids is 1. The van der Waals surface area contributed by atoms with Gasteiger partial charge in [0.1, 0.15) is 16.4 Å². The molecule has 4 aromatic rings. The Bertz CT molecular complexity index is 1360. The van der Waals surface area contributed by atoms with Crippen molar-refractivity contribution >= 4 is 28.9 Å². The number of rotatable bonds is 6. The van der Waals surface area contributed by atoms with Crippen LogP contribution in [0.25, 0.3) is 22.0 Å². The van der Waals surface area contributed by atoms with Gasteiger partial charge in [0.2, 0.25) is 11.8 Å². The molecule has 1 amide bonds. The standard InChI is InChI=1S/C24H22N6O3S/c1-30-12-9-24(32,22(30)31)16-6-3-5-15(13-16)21-27-19(14-34-21)17-8-11-26-23(28-17)29-18-7-4-10-25-20(18)33-2/h3-8,10-11,13-14,32H,9,12H2,1-2H3,(H,26,28,29)/t24-/m1/s1. The second-order valence-corrected chi connectivity index (χ2v) is 8.76. The smallest absolute Gasteiger partial charge is 0.258 e. The molecule has 1 saturated heterocycles. The first-order valence-electron chi connectivity index (χ1n) is 10.6. The van der Waals surface area contributed by atoms with E-state index >= 15 is 0 Å². The molecular formula is C24H22N6O3S. The van der Waals surface area contributed by atoms with Crippen molar-refractivity contribution in [2.24, 2.45) is 0 Å². The molecule has 0 radical (unpaired) electrons. The van der Waals surface area contributed by atoms with Crippen LogP contribution in [0.2, 0.25) is 0 Å². The molecule has 1 fully saturated rings. The average molecular weight is 475 g/mol. The Hall–Kier alpha value is -3.89. The number of nitrogens with zero attached hydrogens (tertiary/aromatic N) is 5. The summed E-state index contributed by atoms with van der Waals surface area (Å²) in [5.41, 5.74) is 1.93. The highest BCUT2D eigenvalue weighted by Gasteiger charge is 2.45. The van der Waals surface area contributed by atoms with E-state index in [4.69, 9.17) is 9.72 Å². The first kappa shape index (κ1) is 21.9. The van der Waals surface area contributed by atoms with E-state index in [9.17, 15) is 9.90 Å². The van der Waals surface area contributed by atoms with Crippen LogP contribution in [-0.4, -0.2) is 56.6 Å². The fraction of sp³-hybridized carbons (Fsp3) is 0.208. The maximum atomic E-state index is 12.5. The Kier molecular flexibility index (Phi) is 5.68. The van der Waals surface area contributed by atoms with Crippen LogP contribution in [0.4, 0.5) is 11.6 Å². The Balaban J connectivity index is 1.41. The molecule has 1 atom stereocenters. The third-order valence-corrected chi connectivity index (χ3v) is 6.62. The number of thiazole rings is 1. The summed E-state index contributed by atoms with van der Waals surface area (Å²) in [5, 5.41) is 16.8. The number of nitrogens with one attached hydrogen (secondary N) is 1. The number of pyridine rings is 1. The van der Waals surface area contributed by atoms with Crippen LogP contribution in [0.15, 0.2) is 60.2 Å². The monoisotopic (exact) mass is 474 g/mol. The van der Waals surface area contributed by atoms with Crippen LogP contribution in [0, 0.1) is 0 Å². The maximum absolute atomic E-state index is 12.5. The number of benzene rings is 1. The van der Waals surface area contributed by atoms with E-state index in [1.807, 2.05) is 29.6 Å². The van der Waals surface area contributed by atoms with Crippen LogP contribution >= 0.6 is 11.3 Å². The van der Waals surface area contributed by atoms with Gasteiger partial charge >= 0.3 is 0 Å². The van der Waals surface area contributed by atoms with Gasteiger partial charge in [0.15, 0.2) is 5.60 Å². The van der Waals surface area contributed by atoms with Gasteiger partial charge in [-0.3, -0.25) is 4.79 Å². The second-order valence-electron chi connectivity index (χ2n) is 7.91. The van der Waals surface area contributed by atoms with E-state index < -0.39 is 5.60 Å². The van der Waals surface area contributed by atoms with Gasteiger partial charge in [-0.15, -0.1) is 11.3 Å². The van der Waals surface area contributed by atoms with Crippen molar-refractivity contribution in [3.8, 4) is 27.8 Å². The van der Waals surface area contributed by atoms with Crippen molar-refractivity contribution in [2.45, 2.75) is 12.0 Å². The molecule has 3 aromatic heterocycles. The minimum absolute atomic E-state index is 0.282. The van der Waals surface area contributed by atoms with Gasteiger partial charge in [-0.05, 0) is 29.8 Å². The number of hydrogen-bond acceptors (Lipinski definition) is 9. The molecule has 1 aliphatic rings. The summed E-state index contributed by atoms with van der Waals surface area (Å²) < 4.78 is 5.27. The molecule has 0 unspecified atom stereocenters. The van der Waals surface area contributed by atoms with Gasteiger partial charge in [0.05, 0.1) is 12.8 Å². The molecule has 0 aliphatic carbocycles. The lowest BCUT2D eigenvalue weighted by Crippen LogP contribution is -2.36. The highest BCUT2D eigenvalue weighted by Crippen LogP contribution is 2.36. The number of anilines is 2. The fourth-order valence-corrected chi connectivity index (χ4v) is 4.70. The third-order valence-electron chi connectivity index (χ3n) is 5.73. The molecule has 5 rings (SSSR count). The first-order valence-corrected chi connectivity index (χ1v) is 11.5. The van der Waals surface area contributed by atoms with Crippen LogP contribution in [0.1, 0.15) is 12.0 Å². The zero-order valence-electron chi connectivity index (χ0n) is 18.6. The van der Waals surface area contributed by atoms with Crippen LogP contribution in [0.3, 0.4) is 0 Å². The van der Waals surface area contributed by atoms with Gasteiger partial charge in [-0.1, -0.05) is 18.2 Å². The quantitative estimate of drug-likeness (QED) is 0.437. The Morgan fingerprint density at radius 1 is 1.12 bits per heavy atom. The van der Waals surface area contributed by atoms with Crippen LogP contribution < -0.4 is 10.1 Å². The topological polar surface area (TPSA) is 113 Å². The Morgan fingerprint density at radius 2 is 2.00 bits per heavy atom. The van der Waals surface area contributed by atoms with Gasteiger partial charge in [0.25, 0.3) is 5.91 Å². The number of likely N-dealkylation sites (N-methyl/N-ethyl adjacent to an activating group) is 1. The summed E-state index contributed by atoms with van der Waals surface area (Å²) in [4.78, 5) is 31.8. The number of carbonyl (C=O) groups is 1. The Morgan fingerprint density at radius 3 is 2.79 bits per heavy atom. The van der Waals surface area contributed by atoms with E-state index in [1.54, 1.807) is 49.7 Å². The van der Waals surface area contributed by atoms with E-state index in [0.717, 1.165) is 10.6 Å². The largest absolute Gasteiger partial charge is 0.480 e. The highest BCUT2D eigenvalue weighted by atomic mass is 32.1. The molecule has 172 valence electrons. The van der Waals surface area contributed by atoms with Gasteiger partial charge in [0, 0.05) is 43.4 Å². The molecule has 10 heteroatoms. The molecule has 1 aliphatic heterocycles. The van der Waals surface area contributed by atoms with Gasteiger partial charge in [-0.2, -0.15) is 0 Å². The summed E-state index contributed by atoms with van der Waals surface area (Å²) >= 11 is 1.47. The molecule has 4 heterocycles. The summed E-state index contributed by atoms with van der Waals surface area (Å²) in [6.45, 7) is 0.524. The maximum Gasteiger partial charge on any atom is 0.258 e. The number of amides is 1. The van der Waals surface area contributed by atoms with E-state index in [1.165, 1.54) is 11.3 Å². The lowest BCUT2D eigenvalue weighted by Gasteiger charge is -2.21. The van der Waals surface area contributed by atoms with Crippen molar-refractivity contribution in [1.82, 2.24) is 24.8 Å². The number of aromatic nitrogens is 4. The average Bonchev–Trinajstić information content (AvgIpc) is 3.47. The molecule has 34 heavy (non-hydrogen) atoms. The molecular weight excluding hydrogens is 452 g/mol. The SMILES string of the molecule is COc1ncccc1Nc1nccc(-c2csc(-c3cccc([C@]4(O)CCN(C)C4=O)c3)n2)n1. The number of methoxy groups -OCH3 is 1. The van der Waals surface area contributed by atoms with Gasteiger partial charge < -0.3 is 20.1 Å². The summed E-state index contributed by atoms with van der Waals surface area (Å²) in [5.74, 6) is 0.558. The van der Waals surface area contributed by atoms with Crippen LogP contribution in [-0.2, 0) is 10.4 Å². The Labute approximate surface area is 200 Å². The van der Waals surface area contributed by atoms with Crippen molar-refractivity contribution < 1.29 is 14.6 Å². The number of likely N-dealkylation sites (tertiary alicyclic amines) is 1. The van der Waals surface area contributed by atoms with Gasteiger partial charge in [-0.25, -0.2) is 19.9 Å². The third kappa shape index (κ3) is 3.97. The molecule has 0 bridgehead atoms. The highest BCUT2D eigenvalue weighted by molar-refractivity contribution is 7.13. The zero-order valence-corrected chi connectivity index (χ0v) is 19.4. The summed E-state index contributed by atoms with van der Waals surface area (Å²) in [7, 11) is 3.25. The molecule has 9 nitrogen and oxygen atoms in total. The zero-order chi connectivity index (χ0) is 23.7. The van der Waals surface area contributed by atoms with Crippen molar-refractivity contribution in [3.05, 3.63) is 65.8 Å². The molecule has 1 aromatic carbocycles. The predicted octanol–water partition coefficient (Wildman–Crippen LogP) is 3.46. The van der Waals surface area contributed by atoms with E-state index in [0.29, 0.717) is 47.4 Å². The normalized spacial score (nSPS) is 17.7. The second kappa shape index (κ2) is 8.81. The predicted molar refractivity (Wildman–Crippen MR) is 129 cm³/mol. The minimum Gasteiger partial charge on any atom is -0.480 e. The molecule has 2 N–H and O–H groups in total. The minimum atomic E-state index is -1.49. The van der Waals surface area contributed by atoms with Crippen molar-refractivity contribution in [2.75, 3.05) is 26.0 Å². The molecule has 0 spiro atoms. The molecule has 0 saturated carbocycles. The number of aliphatic hydroxyl groups is 1. The van der Waals surface area contributed by atoms with Crippen molar-refractivity contribution in [3.63, 3.8) is 0 Å². The van der Waals surface area contributed by atoms with Crippen LogP contribution in [0.5, 0.6) is 5.88 Å². The fourth-order valence-electron chi connectivity index (χ4n) is 3.89.